The molecule has 0 aromatic heterocycles. The maximum Gasteiger partial charge on any atom is 0.419 e. The van der Waals surface area contributed by atoms with Crippen molar-refractivity contribution < 1.29 is 38.1 Å². The van der Waals surface area contributed by atoms with E-state index in [4.69, 9.17) is 25.6 Å². The summed E-state index contributed by atoms with van der Waals surface area (Å²) in [6.45, 7) is 18.7. The van der Waals surface area contributed by atoms with Gasteiger partial charge in [-0.3, -0.25) is 14.3 Å². The second-order valence-electron chi connectivity index (χ2n) is 14.5. The Morgan fingerprint density at radius 3 is 1.93 bits per heavy atom. The molecule has 12 heteroatoms. The number of hydrogen-bond acceptors (Lipinski definition) is 8. The lowest BCUT2D eigenvalue weighted by Gasteiger charge is -2.55. The average Bonchev–Trinajstić information content (AvgIpc) is 2.84. The van der Waals surface area contributed by atoms with E-state index in [2.05, 4.69) is 4.90 Å². The van der Waals surface area contributed by atoms with Crippen LogP contribution in [-0.2, 0) is 29.9 Å². The number of rotatable bonds is 10. The molecule has 0 spiro atoms. The molecule has 1 saturated heterocycles. The first kappa shape index (κ1) is 38.1. The van der Waals surface area contributed by atoms with Crippen LogP contribution in [0.15, 0.2) is 24.3 Å². The van der Waals surface area contributed by atoms with E-state index in [1.165, 1.54) is 0 Å². The van der Waals surface area contributed by atoms with Gasteiger partial charge in [0, 0.05) is 36.9 Å². The van der Waals surface area contributed by atoms with E-state index in [0.29, 0.717) is 18.1 Å². The summed E-state index contributed by atoms with van der Waals surface area (Å²) in [4.78, 5) is 42.5. The molecule has 1 N–H and O–H groups in total. The van der Waals surface area contributed by atoms with E-state index in [9.17, 15) is 24.1 Å². The fourth-order valence-corrected chi connectivity index (χ4v) is 9.49. The molecule has 2 amide bonds. The van der Waals surface area contributed by atoms with Crippen molar-refractivity contribution in [1.82, 2.24) is 9.80 Å². The standard InChI is InChI=1S/C32H52ClN2O8P/c1-11-41-44(40)21-20-34(22-23-14-16-24(33)17-15-23)25(29(2,3)4)32(44,26(36)37)18-12-13-19-35(27(38)42-30(5,6)7)28(39)43-31(8,9)10/h14-17,25H,11-13,18-22H2,1-10H3,(H,36,37). The van der Waals surface area contributed by atoms with Crippen LogP contribution in [0.4, 0.5) is 9.59 Å². The predicted molar refractivity (Wildman–Crippen MR) is 173 cm³/mol. The highest BCUT2D eigenvalue weighted by Gasteiger charge is 2.66. The molecule has 2 rings (SSSR count). The van der Waals surface area contributed by atoms with E-state index in [0.717, 1.165) is 10.5 Å². The lowest BCUT2D eigenvalue weighted by atomic mass is 9.74. The number of imide groups is 1. The molecule has 3 unspecified atom stereocenters. The van der Waals surface area contributed by atoms with Crippen molar-refractivity contribution >= 4 is 37.1 Å². The first-order valence-corrected chi connectivity index (χ1v) is 17.4. The van der Waals surface area contributed by atoms with Crippen LogP contribution in [0.2, 0.25) is 5.02 Å². The number of carbonyl (C=O) groups excluding carboxylic acids is 2. The smallest absolute Gasteiger partial charge is 0.419 e. The molecule has 1 fully saturated rings. The van der Waals surface area contributed by atoms with Crippen molar-refractivity contribution in [3.8, 4) is 0 Å². The van der Waals surface area contributed by atoms with Crippen LogP contribution >= 0.6 is 19.0 Å². The molecule has 0 radical (unpaired) electrons. The molecular formula is C32H52ClN2O8P. The minimum atomic E-state index is -3.73. The number of carboxylic acid groups (broad SMARTS) is 1. The van der Waals surface area contributed by atoms with Crippen LogP contribution < -0.4 is 0 Å². The fraction of sp³-hybridized carbons (Fsp3) is 0.719. The van der Waals surface area contributed by atoms with Crippen molar-refractivity contribution in [1.29, 1.82) is 0 Å². The number of aliphatic carboxylic acids is 1. The Hall–Kier alpha value is -2.13. The van der Waals surface area contributed by atoms with Gasteiger partial charge in [-0.25, -0.2) is 14.5 Å². The Kier molecular flexibility index (Phi) is 12.6. The van der Waals surface area contributed by atoms with Gasteiger partial charge in [0.2, 0.25) is 7.37 Å². The number of halogens is 1. The van der Waals surface area contributed by atoms with Crippen LogP contribution in [-0.4, -0.2) is 81.3 Å². The van der Waals surface area contributed by atoms with Crippen LogP contribution in [0.25, 0.3) is 0 Å². The predicted octanol–water partition coefficient (Wildman–Crippen LogP) is 8.05. The molecule has 3 atom stereocenters. The van der Waals surface area contributed by atoms with E-state index in [-0.39, 0.29) is 38.6 Å². The van der Waals surface area contributed by atoms with E-state index in [1.807, 2.05) is 32.9 Å². The number of benzene rings is 1. The highest BCUT2D eigenvalue weighted by Crippen LogP contribution is 2.67. The third-order valence-corrected chi connectivity index (χ3v) is 10.9. The van der Waals surface area contributed by atoms with Crippen molar-refractivity contribution in [3.05, 3.63) is 34.9 Å². The molecule has 0 saturated carbocycles. The van der Waals surface area contributed by atoms with Gasteiger partial charge in [-0.15, -0.1) is 0 Å². The minimum Gasteiger partial charge on any atom is -0.480 e. The van der Waals surface area contributed by atoms with Crippen LogP contribution in [0, 0.1) is 5.41 Å². The summed E-state index contributed by atoms with van der Waals surface area (Å²) in [5.41, 5.74) is -1.33. The number of nitrogens with zero attached hydrogens (tertiary/aromatic N) is 2. The van der Waals surface area contributed by atoms with Gasteiger partial charge < -0.3 is 19.1 Å². The maximum atomic E-state index is 14.7. The average molecular weight is 659 g/mol. The Morgan fingerprint density at radius 2 is 1.50 bits per heavy atom. The Labute approximate surface area is 268 Å². The van der Waals surface area contributed by atoms with Crippen LogP contribution in [0.5, 0.6) is 0 Å². The van der Waals surface area contributed by atoms with Gasteiger partial charge in [-0.1, -0.05) is 44.5 Å². The zero-order chi connectivity index (χ0) is 33.7. The molecular weight excluding hydrogens is 607 g/mol. The molecule has 1 aromatic rings. The zero-order valence-electron chi connectivity index (χ0n) is 28.1. The lowest BCUT2D eigenvalue weighted by molar-refractivity contribution is -0.146. The van der Waals surface area contributed by atoms with Gasteiger partial charge in [0.05, 0.1) is 6.61 Å². The second-order valence-corrected chi connectivity index (χ2v) is 17.8. The topological polar surface area (TPSA) is 123 Å². The van der Waals surface area contributed by atoms with Gasteiger partial charge in [0.25, 0.3) is 0 Å². The molecule has 44 heavy (non-hydrogen) atoms. The molecule has 1 aliphatic heterocycles. The largest absolute Gasteiger partial charge is 0.480 e. The van der Waals surface area contributed by atoms with E-state index in [1.54, 1.807) is 60.6 Å². The molecule has 1 aromatic carbocycles. The number of ether oxygens (including phenoxy) is 2. The SMILES string of the molecule is CCOP1(=O)CCN(Cc2ccc(Cl)cc2)C(C(C)(C)C)C1(CCCCN(C(=O)OC(C)(C)C)C(=O)OC(C)(C)C)C(=O)O. The third kappa shape index (κ3) is 9.68. The van der Waals surface area contributed by atoms with Crippen molar-refractivity contribution in [2.75, 3.05) is 25.9 Å². The number of unbranched alkanes of at least 4 members (excludes halogenated alkanes) is 1. The summed E-state index contributed by atoms with van der Waals surface area (Å²) >= 11 is 6.10. The summed E-state index contributed by atoms with van der Waals surface area (Å²) < 4.78 is 31.5. The Balaban J connectivity index is 2.46. The van der Waals surface area contributed by atoms with Gasteiger partial charge in [-0.2, -0.15) is 0 Å². The second kappa shape index (κ2) is 14.5. The quantitative estimate of drug-likeness (QED) is 0.196. The number of carbonyl (C=O) groups is 3. The highest BCUT2D eigenvalue weighted by atomic mass is 35.5. The normalized spacial score (nSPS) is 23.2. The van der Waals surface area contributed by atoms with Gasteiger partial charge in [-0.05, 0) is 90.8 Å². The zero-order valence-corrected chi connectivity index (χ0v) is 29.7. The summed E-state index contributed by atoms with van der Waals surface area (Å²) in [5, 5.41) is 9.87. The number of hydrogen-bond donors (Lipinski definition) is 1. The molecule has 10 nitrogen and oxygen atoms in total. The first-order chi connectivity index (χ1) is 20.1. The maximum absolute atomic E-state index is 14.7. The number of amides is 2. The molecule has 0 aliphatic carbocycles. The van der Waals surface area contributed by atoms with Crippen molar-refractivity contribution in [2.45, 2.75) is 117 Å². The summed E-state index contributed by atoms with van der Waals surface area (Å²) in [7, 11) is -3.73. The van der Waals surface area contributed by atoms with E-state index < -0.39 is 53.3 Å². The van der Waals surface area contributed by atoms with Crippen molar-refractivity contribution in [2.24, 2.45) is 5.41 Å². The summed E-state index contributed by atoms with van der Waals surface area (Å²) in [5.74, 6) is -1.17. The third-order valence-electron chi connectivity index (χ3n) is 7.35. The molecule has 1 aliphatic rings. The summed E-state index contributed by atoms with van der Waals surface area (Å²) in [6, 6.07) is 6.75. The highest BCUT2D eigenvalue weighted by molar-refractivity contribution is 7.62. The van der Waals surface area contributed by atoms with Gasteiger partial charge in [0.1, 0.15) is 11.2 Å². The molecule has 0 bridgehead atoms. The van der Waals surface area contributed by atoms with Crippen LogP contribution in [0.1, 0.15) is 94.1 Å². The first-order valence-electron chi connectivity index (χ1n) is 15.3. The summed E-state index contributed by atoms with van der Waals surface area (Å²) in [6.07, 6.45) is -1.08. The lowest BCUT2D eigenvalue weighted by Crippen LogP contribution is -2.66. The van der Waals surface area contributed by atoms with Crippen molar-refractivity contribution in [3.63, 3.8) is 0 Å². The monoisotopic (exact) mass is 658 g/mol. The molecule has 250 valence electrons. The molecule has 1 heterocycles. The van der Waals surface area contributed by atoms with Crippen LogP contribution in [0.3, 0.4) is 0 Å². The van der Waals surface area contributed by atoms with Gasteiger partial charge >= 0.3 is 18.2 Å². The Bertz CT molecular complexity index is 1170. The Morgan fingerprint density at radius 1 is 0.977 bits per heavy atom. The minimum absolute atomic E-state index is 0.0230. The van der Waals surface area contributed by atoms with Gasteiger partial charge in [0.15, 0.2) is 5.16 Å². The van der Waals surface area contributed by atoms with E-state index >= 15 is 0 Å². The number of carboxylic acids is 1. The fourth-order valence-electron chi connectivity index (χ4n) is 5.96.